The summed E-state index contributed by atoms with van der Waals surface area (Å²) in [7, 11) is 0. The number of carboxylic acids is 1. The summed E-state index contributed by atoms with van der Waals surface area (Å²) in [6.45, 7) is 23.3. The smallest absolute Gasteiger partial charge is 0.410 e. The van der Waals surface area contributed by atoms with Crippen molar-refractivity contribution in [3.05, 3.63) is 148 Å². The van der Waals surface area contributed by atoms with Crippen molar-refractivity contribution in [2.75, 3.05) is 59.1 Å². The third-order valence-corrected chi connectivity index (χ3v) is 18.2. The van der Waals surface area contributed by atoms with Gasteiger partial charge in [0.1, 0.15) is 33.4 Å². The number of ketones is 1. The van der Waals surface area contributed by atoms with Gasteiger partial charge < -0.3 is 72.9 Å². The van der Waals surface area contributed by atoms with Crippen molar-refractivity contribution in [2.24, 2.45) is 22.7 Å². The lowest BCUT2D eigenvalue weighted by Crippen LogP contribution is -2.54. The number of carboxylic acid groups (broad SMARTS) is 1. The number of cyclic esters (lactones) is 2. The quantitative estimate of drug-likeness (QED) is 0.0720. The lowest BCUT2D eigenvalue weighted by molar-refractivity contribution is -0.160. The first-order valence-electron chi connectivity index (χ1n) is 33.4. The molecule has 0 bridgehead atoms. The molecule has 26 nitrogen and oxygen atoms in total. The van der Waals surface area contributed by atoms with Crippen LogP contribution in [0.25, 0.3) is 0 Å². The van der Waals surface area contributed by atoms with Crippen LogP contribution in [0.2, 0.25) is 30.1 Å². The van der Waals surface area contributed by atoms with Gasteiger partial charge in [-0.15, -0.1) is 0 Å². The molecule has 105 heavy (non-hydrogen) atoms. The molecular formula is C73H86Cl6N6O20. The van der Waals surface area contributed by atoms with Crippen molar-refractivity contribution >= 4 is 141 Å². The molecule has 570 valence electrons. The van der Waals surface area contributed by atoms with Crippen molar-refractivity contribution in [2.45, 2.75) is 146 Å². The highest BCUT2D eigenvalue weighted by molar-refractivity contribution is 6.36. The Bertz CT molecular complexity index is 3820. The van der Waals surface area contributed by atoms with E-state index in [2.05, 4.69) is 10.1 Å². The Hall–Kier alpha value is -8.40. The number of hydrogen-bond donors (Lipinski definition) is 2. The minimum atomic E-state index is -1.71. The Labute approximate surface area is 639 Å². The molecule has 0 aliphatic carbocycles. The molecule has 2 fully saturated rings. The summed E-state index contributed by atoms with van der Waals surface area (Å²) in [4.78, 5) is 156. The number of nitrogens with one attached hydrogen (secondary N) is 1. The van der Waals surface area contributed by atoms with Crippen LogP contribution in [0, 0.1) is 22.7 Å². The van der Waals surface area contributed by atoms with Crippen LogP contribution < -0.4 is 5.32 Å². The van der Waals surface area contributed by atoms with Crippen molar-refractivity contribution in [1.82, 2.24) is 29.8 Å². The van der Waals surface area contributed by atoms with Gasteiger partial charge in [-0.3, -0.25) is 24.0 Å². The van der Waals surface area contributed by atoms with Gasteiger partial charge in [0.15, 0.2) is 0 Å². The van der Waals surface area contributed by atoms with Crippen LogP contribution in [-0.2, 0) is 95.9 Å². The molecule has 0 aromatic heterocycles. The molecule has 0 saturated carbocycles. The fraction of sp³-hybridized carbons (Fsp3) is 0.479. The van der Waals surface area contributed by atoms with Gasteiger partial charge in [-0.1, -0.05) is 87.8 Å². The Kier molecular flexibility index (Phi) is 29.5. The molecule has 3 aromatic rings. The van der Waals surface area contributed by atoms with E-state index >= 15 is 0 Å². The molecule has 4 atom stereocenters. The number of Topliss-reactive ketones (excluding diaryl/α,β-unsaturated/α-hetero) is 1. The lowest BCUT2D eigenvalue weighted by Gasteiger charge is -2.40. The summed E-state index contributed by atoms with van der Waals surface area (Å²) in [6, 6.07) is 15.0. The molecule has 9 rings (SSSR count). The summed E-state index contributed by atoms with van der Waals surface area (Å²) in [5.41, 5.74) is -1.50. The molecule has 32 heteroatoms. The first-order valence-corrected chi connectivity index (χ1v) is 35.7. The molecule has 2 N–H and O–H groups in total. The largest absolute Gasteiger partial charge is 0.481 e. The average Bonchev–Trinajstić information content (AvgIpc) is 1.57. The lowest BCUT2D eigenvalue weighted by atomic mass is 9.71. The molecule has 0 spiro atoms. The fourth-order valence-corrected chi connectivity index (χ4v) is 13.4. The number of esters is 5. The van der Waals surface area contributed by atoms with Crippen LogP contribution in [0.1, 0.15) is 126 Å². The summed E-state index contributed by atoms with van der Waals surface area (Å²) in [5, 5.41) is 15.5. The number of likely N-dealkylation sites (tertiary alicyclic amines) is 2. The van der Waals surface area contributed by atoms with E-state index < -0.39 is 112 Å². The highest BCUT2D eigenvalue weighted by Gasteiger charge is 2.66. The molecule has 6 aliphatic heterocycles. The minimum Gasteiger partial charge on any atom is -0.481 e. The zero-order chi connectivity index (χ0) is 78.4. The van der Waals surface area contributed by atoms with Gasteiger partial charge in [-0.05, 0) is 155 Å². The zero-order valence-corrected chi connectivity index (χ0v) is 65.0. The summed E-state index contributed by atoms with van der Waals surface area (Å²) in [5.74, 6) is -7.86. The third kappa shape index (κ3) is 22.3. The van der Waals surface area contributed by atoms with E-state index in [0.717, 1.165) is 23.4 Å². The first kappa shape index (κ1) is 85.5. The molecule has 5 amide bonds. The van der Waals surface area contributed by atoms with E-state index in [-0.39, 0.29) is 83.5 Å². The second kappa shape index (κ2) is 36.3. The van der Waals surface area contributed by atoms with E-state index in [9.17, 15) is 62.6 Å². The Morgan fingerprint density at radius 3 is 1.28 bits per heavy atom. The summed E-state index contributed by atoms with van der Waals surface area (Å²) in [6.07, 6.45) is 3.34. The highest BCUT2D eigenvalue weighted by atomic mass is 35.5. The average molecular weight is 1580 g/mol. The van der Waals surface area contributed by atoms with Gasteiger partial charge in [-0.25, -0.2) is 28.8 Å². The summed E-state index contributed by atoms with van der Waals surface area (Å²) < 4.78 is 36.3. The Morgan fingerprint density at radius 2 is 0.933 bits per heavy atom. The second-order valence-electron chi connectivity index (χ2n) is 27.7. The number of carbonyl (C=O) groups is 12. The van der Waals surface area contributed by atoms with E-state index in [1.54, 1.807) is 138 Å². The second-order valence-corrected chi connectivity index (χ2v) is 30.2. The molecule has 6 aliphatic rings. The molecule has 2 saturated heterocycles. The van der Waals surface area contributed by atoms with Gasteiger partial charge in [0, 0.05) is 111 Å². The van der Waals surface area contributed by atoms with Crippen molar-refractivity contribution in [3.63, 3.8) is 0 Å². The van der Waals surface area contributed by atoms with Gasteiger partial charge in [0.25, 0.3) is 0 Å². The maximum absolute atomic E-state index is 13.7. The number of hydrogen-bond acceptors (Lipinski definition) is 20. The SMILES string of the molecule is CCOC(=O)C1=C(NCc2ccc(Cl)cc2Cl)CCN(C(=O)OC(C)(C)C)C1.CCOC(=O)[C@@]12CN(C(=O)OC(C)(C)C)CC=C1N(Cc1ccc(Cl)cc1Cl)C(=O)[C@H]2CC(=O)O.CCOC(=O)[C@@]12CN(C(=O)OC(C)(C)C)CC=C1N(Cc1ccc(Cl)cc1Cl)C(=O)[C@H]2CC(C)=O.O=C1C=CC(=O)O1. The normalized spacial score (nSPS) is 19.7. The minimum absolute atomic E-state index is 0.00954. The standard InChI is InChI=1S/C25H30Cl2N2O6.C24H28Cl2N2O7.C20H26Cl2N2O4.C4H2O3/c1-6-34-22(32)25-14-28(23(33)35-24(3,4)5)10-9-20(25)29(21(31)18(25)11-15(2)30)13-16-7-8-17(26)12-19(16)27;1-5-34-21(32)24-13-27(22(33)35-23(2,3)4)9-8-18(24)28(20(31)16(24)11-19(29)30)12-14-6-7-15(25)10-17(14)26;1-5-27-18(25)15-12-24(19(26)28-20(2,3)4)9-8-17(15)23-11-13-6-7-14(21)10-16(13)22;5-3-1-2-4(6)7-3/h7-9,12,18H,6,10-11,13-14H2,1-5H3;6-8,10,16H,5,9,11-13H2,1-4H3,(H,29,30);6-7,10,23H,5,8-9,11-12H2,1-4H3;1-2H/t18-,25-;16-,24-;;/m11../s1. The van der Waals surface area contributed by atoms with Crippen molar-refractivity contribution in [3.8, 4) is 0 Å². The highest BCUT2D eigenvalue weighted by Crippen LogP contribution is 2.53. The van der Waals surface area contributed by atoms with Crippen LogP contribution in [0.5, 0.6) is 0 Å². The number of halogens is 6. The number of nitrogens with zero attached hydrogens (tertiary/aromatic N) is 5. The van der Waals surface area contributed by atoms with Gasteiger partial charge in [-0.2, -0.15) is 0 Å². The predicted molar refractivity (Wildman–Crippen MR) is 388 cm³/mol. The topological polar surface area (TPSA) is 318 Å². The van der Waals surface area contributed by atoms with Crippen LogP contribution in [-0.4, -0.2) is 177 Å². The number of ether oxygens (including phenoxy) is 7. The number of benzene rings is 3. The molecule has 3 aromatic carbocycles. The number of fused-ring (bicyclic) bond motifs is 2. The van der Waals surface area contributed by atoms with Crippen molar-refractivity contribution in [1.29, 1.82) is 0 Å². The number of carbonyl (C=O) groups excluding carboxylic acids is 11. The maximum Gasteiger partial charge on any atom is 0.410 e. The monoisotopic (exact) mass is 1580 g/mol. The number of aliphatic carboxylic acids is 1. The van der Waals surface area contributed by atoms with E-state index in [1.807, 2.05) is 6.07 Å². The maximum atomic E-state index is 13.7. The molecular weight excluding hydrogens is 1490 g/mol. The van der Waals surface area contributed by atoms with E-state index in [0.29, 0.717) is 72.0 Å². The zero-order valence-electron chi connectivity index (χ0n) is 60.5. The number of amides is 5. The third-order valence-electron chi connectivity index (χ3n) is 16.4. The van der Waals surface area contributed by atoms with Crippen LogP contribution in [0.15, 0.2) is 102 Å². The van der Waals surface area contributed by atoms with Gasteiger partial charge in [0.2, 0.25) is 11.8 Å². The van der Waals surface area contributed by atoms with Crippen LogP contribution >= 0.6 is 69.6 Å². The molecule has 0 radical (unpaired) electrons. The van der Waals surface area contributed by atoms with Gasteiger partial charge >= 0.3 is 54.1 Å². The Morgan fingerprint density at radius 1 is 0.552 bits per heavy atom. The van der Waals surface area contributed by atoms with Gasteiger partial charge in [0.05, 0.1) is 63.3 Å². The fourth-order valence-electron chi connectivity index (χ4n) is 12.0. The molecule has 6 heterocycles. The number of rotatable bonds is 17. The summed E-state index contributed by atoms with van der Waals surface area (Å²) >= 11 is 36.9. The van der Waals surface area contributed by atoms with Crippen LogP contribution in [0.3, 0.4) is 0 Å². The van der Waals surface area contributed by atoms with E-state index in [4.69, 9.17) is 98.0 Å². The molecule has 0 unspecified atom stereocenters. The predicted octanol–water partition coefficient (Wildman–Crippen LogP) is 12.9. The van der Waals surface area contributed by atoms with Crippen molar-refractivity contribution < 1.29 is 95.8 Å². The first-order chi connectivity index (χ1) is 49.0. The van der Waals surface area contributed by atoms with Crippen LogP contribution in [0.4, 0.5) is 14.4 Å². The van der Waals surface area contributed by atoms with E-state index in [1.165, 1.54) is 37.5 Å². The Balaban J connectivity index is 0.000000237.